The summed E-state index contributed by atoms with van der Waals surface area (Å²) in [4.78, 5) is 2.42. The average molecular weight is 410 g/mol. The molecule has 1 aliphatic rings. The first-order chi connectivity index (χ1) is 9.58. The Bertz CT molecular complexity index is 415. The number of nitrogens with zero attached hydrogens (tertiary/aromatic N) is 1. The zero-order valence-corrected chi connectivity index (χ0v) is 15.1. The Morgan fingerprint density at radius 3 is 2.65 bits per heavy atom. The number of furan rings is 1. The highest BCUT2D eigenvalue weighted by atomic mass is 79.9. The molecule has 114 valence electrons. The number of hydrogen-bond acceptors (Lipinski definition) is 4. The summed E-state index contributed by atoms with van der Waals surface area (Å²) in [6, 6.07) is 2.59. The van der Waals surface area contributed by atoms with Crippen molar-refractivity contribution in [2.75, 3.05) is 26.8 Å². The zero-order chi connectivity index (χ0) is 14.7. The Kier molecular flexibility index (Phi) is 6.10. The van der Waals surface area contributed by atoms with E-state index in [1.54, 1.807) is 7.11 Å². The second-order valence-corrected chi connectivity index (χ2v) is 6.91. The fourth-order valence-corrected chi connectivity index (χ4v) is 3.24. The van der Waals surface area contributed by atoms with Gasteiger partial charge in [0.15, 0.2) is 4.67 Å². The minimum absolute atomic E-state index is 0.0864. The van der Waals surface area contributed by atoms with Crippen molar-refractivity contribution in [1.82, 2.24) is 4.90 Å². The van der Waals surface area contributed by atoms with Gasteiger partial charge in [-0.15, -0.1) is 0 Å². The van der Waals surface area contributed by atoms with Gasteiger partial charge < -0.3 is 14.9 Å². The van der Waals surface area contributed by atoms with E-state index in [1.165, 1.54) is 12.8 Å². The first kappa shape index (κ1) is 16.5. The highest BCUT2D eigenvalue weighted by molar-refractivity contribution is 9.13. The number of halogens is 2. The molecule has 1 aromatic rings. The fraction of sp³-hybridized carbons (Fsp3) is 0.714. The summed E-state index contributed by atoms with van der Waals surface area (Å²) in [5.41, 5.74) is 6.02. The van der Waals surface area contributed by atoms with Crippen LogP contribution in [0.15, 0.2) is 19.6 Å². The molecule has 2 N–H and O–H groups in total. The summed E-state index contributed by atoms with van der Waals surface area (Å²) in [6.07, 6.45) is 2.63. The van der Waals surface area contributed by atoms with Crippen LogP contribution in [0.3, 0.4) is 0 Å². The summed E-state index contributed by atoms with van der Waals surface area (Å²) in [5.74, 6) is 1.68. The molecule has 0 saturated heterocycles. The van der Waals surface area contributed by atoms with Crippen LogP contribution in [0.5, 0.6) is 0 Å². The van der Waals surface area contributed by atoms with Crippen molar-refractivity contribution in [3.63, 3.8) is 0 Å². The van der Waals surface area contributed by atoms with Crippen LogP contribution in [-0.4, -0.2) is 37.7 Å². The molecule has 1 heterocycles. The van der Waals surface area contributed by atoms with Crippen LogP contribution >= 0.6 is 31.9 Å². The Morgan fingerprint density at radius 1 is 1.50 bits per heavy atom. The van der Waals surface area contributed by atoms with Crippen molar-refractivity contribution in [3.8, 4) is 0 Å². The van der Waals surface area contributed by atoms with E-state index in [0.717, 1.165) is 27.4 Å². The van der Waals surface area contributed by atoms with Gasteiger partial charge in [0.2, 0.25) is 0 Å². The number of nitrogens with two attached hydrogens (primary N) is 1. The predicted octanol–water partition coefficient (Wildman–Crippen LogP) is 3.55. The Hall–Kier alpha value is 0.120. The van der Waals surface area contributed by atoms with Crippen LogP contribution in [0.1, 0.15) is 31.6 Å². The summed E-state index contributed by atoms with van der Waals surface area (Å²) >= 11 is 6.87. The van der Waals surface area contributed by atoms with Gasteiger partial charge in [0.25, 0.3) is 0 Å². The molecule has 1 aliphatic carbocycles. The van der Waals surface area contributed by atoms with Crippen LogP contribution in [0.4, 0.5) is 0 Å². The lowest BCUT2D eigenvalue weighted by Gasteiger charge is -2.35. The molecule has 2 unspecified atom stereocenters. The second-order valence-electron chi connectivity index (χ2n) is 5.33. The van der Waals surface area contributed by atoms with E-state index in [9.17, 15) is 0 Å². The van der Waals surface area contributed by atoms with Gasteiger partial charge in [-0.05, 0) is 63.6 Å². The van der Waals surface area contributed by atoms with Crippen molar-refractivity contribution in [3.05, 3.63) is 21.0 Å². The third kappa shape index (κ3) is 3.85. The summed E-state index contributed by atoms with van der Waals surface area (Å²) < 4.78 is 12.7. The van der Waals surface area contributed by atoms with E-state index in [-0.39, 0.29) is 6.04 Å². The first-order valence-electron chi connectivity index (χ1n) is 6.98. The molecule has 0 aliphatic heterocycles. The van der Waals surface area contributed by atoms with Gasteiger partial charge in [0.05, 0.1) is 17.1 Å². The minimum Gasteiger partial charge on any atom is -0.451 e. The topological polar surface area (TPSA) is 51.6 Å². The summed E-state index contributed by atoms with van der Waals surface area (Å²) in [6.45, 7) is 4.39. The zero-order valence-electron chi connectivity index (χ0n) is 11.9. The monoisotopic (exact) mass is 408 g/mol. The maximum atomic E-state index is 6.02. The Morgan fingerprint density at radius 2 is 2.20 bits per heavy atom. The van der Waals surface area contributed by atoms with E-state index in [2.05, 4.69) is 43.7 Å². The van der Waals surface area contributed by atoms with Gasteiger partial charge in [0, 0.05) is 26.2 Å². The molecule has 1 aromatic heterocycles. The summed E-state index contributed by atoms with van der Waals surface area (Å²) in [5, 5.41) is 0. The molecule has 0 aromatic carbocycles. The van der Waals surface area contributed by atoms with Crippen molar-refractivity contribution in [2.24, 2.45) is 11.7 Å². The molecule has 6 heteroatoms. The van der Waals surface area contributed by atoms with Crippen molar-refractivity contribution >= 4 is 31.9 Å². The van der Waals surface area contributed by atoms with E-state index in [1.807, 2.05) is 6.07 Å². The third-order valence-corrected chi connectivity index (χ3v) is 5.71. The van der Waals surface area contributed by atoms with Gasteiger partial charge in [-0.25, -0.2) is 0 Å². The van der Waals surface area contributed by atoms with Gasteiger partial charge in [-0.2, -0.15) is 0 Å². The highest BCUT2D eigenvalue weighted by Gasteiger charge is 2.36. The van der Waals surface area contributed by atoms with Crippen LogP contribution < -0.4 is 5.73 Å². The maximum Gasteiger partial charge on any atom is 0.183 e. The molecule has 1 saturated carbocycles. The summed E-state index contributed by atoms with van der Waals surface area (Å²) in [7, 11) is 1.73. The second kappa shape index (κ2) is 7.40. The molecule has 2 rings (SSSR count). The number of methoxy groups -OCH3 is 1. The number of hydrogen-bond donors (Lipinski definition) is 1. The van der Waals surface area contributed by atoms with E-state index in [0.29, 0.717) is 19.2 Å². The quantitative estimate of drug-likeness (QED) is 0.713. The van der Waals surface area contributed by atoms with Crippen LogP contribution in [-0.2, 0) is 4.74 Å². The van der Waals surface area contributed by atoms with Crippen LogP contribution in [0.25, 0.3) is 0 Å². The molecule has 2 atom stereocenters. The van der Waals surface area contributed by atoms with Gasteiger partial charge in [0.1, 0.15) is 5.76 Å². The number of rotatable bonds is 8. The lowest BCUT2D eigenvalue weighted by Crippen LogP contribution is -2.42. The molecule has 0 amide bonds. The van der Waals surface area contributed by atoms with Gasteiger partial charge >= 0.3 is 0 Å². The average Bonchev–Trinajstić information content (AvgIpc) is 3.21. The molecular weight excluding hydrogens is 388 g/mol. The number of ether oxygens (including phenoxy) is 1. The Balaban J connectivity index is 2.18. The molecular formula is C14H22Br2N2O2. The first-order valence-corrected chi connectivity index (χ1v) is 8.56. The van der Waals surface area contributed by atoms with Crippen molar-refractivity contribution < 1.29 is 9.15 Å². The third-order valence-electron chi connectivity index (χ3n) is 4.00. The Labute approximate surface area is 137 Å². The van der Waals surface area contributed by atoms with E-state index in [4.69, 9.17) is 14.9 Å². The lowest BCUT2D eigenvalue weighted by molar-refractivity contribution is 0.0744. The van der Waals surface area contributed by atoms with Crippen LogP contribution in [0, 0.1) is 5.92 Å². The standard InChI is InChI=1S/C14H22Br2N2O2/c1-9(10-3-4-10)18(5-6-19-2)12(8-17)13-7-11(15)14(16)20-13/h7,9-10,12H,3-6,8,17H2,1-2H3. The van der Waals surface area contributed by atoms with Gasteiger partial charge in [-0.1, -0.05) is 0 Å². The normalized spacial score (nSPS) is 18.5. The largest absolute Gasteiger partial charge is 0.451 e. The van der Waals surface area contributed by atoms with E-state index < -0.39 is 0 Å². The van der Waals surface area contributed by atoms with Crippen LogP contribution in [0.2, 0.25) is 0 Å². The van der Waals surface area contributed by atoms with E-state index >= 15 is 0 Å². The molecule has 4 nitrogen and oxygen atoms in total. The smallest absolute Gasteiger partial charge is 0.183 e. The van der Waals surface area contributed by atoms with Crippen molar-refractivity contribution in [1.29, 1.82) is 0 Å². The highest BCUT2D eigenvalue weighted by Crippen LogP contribution is 2.39. The predicted molar refractivity (Wildman–Crippen MR) is 86.7 cm³/mol. The molecule has 1 fully saturated rings. The molecule has 0 radical (unpaired) electrons. The van der Waals surface area contributed by atoms with Crippen molar-refractivity contribution in [2.45, 2.75) is 31.8 Å². The maximum absolute atomic E-state index is 6.02. The minimum atomic E-state index is 0.0864. The molecule has 0 spiro atoms. The fourth-order valence-electron chi connectivity index (χ4n) is 2.63. The lowest BCUT2D eigenvalue weighted by atomic mass is 10.1. The molecule has 20 heavy (non-hydrogen) atoms. The molecule has 0 bridgehead atoms. The SMILES string of the molecule is COCCN(C(CN)c1cc(Br)c(Br)o1)C(C)C1CC1. The van der Waals surface area contributed by atoms with Gasteiger partial charge in [-0.3, -0.25) is 4.90 Å².